The van der Waals surface area contributed by atoms with Crippen molar-refractivity contribution < 1.29 is 27.4 Å². The minimum absolute atomic E-state index is 0.110. The van der Waals surface area contributed by atoms with Gasteiger partial charge in [0.1, 0.15) is 5.69 Å². The van der Waals surface area contributed by atoms with Crippen molar-refractivity contribution in [1.82, 2.24) is 15.3 Å². The molecule has 0 aliphatic carbocycles. The molecule has 174 valence electrons. The zero-order chi connectivity index (χ0) is 23.8. The van der Waals surface area contributed by atoms with Crippen molar-refractivity contribution in [3.05, 3.63) is 65.9 Å². The monoisotopic (exact) mass is 477 g/mol. The molecule has 0 atom stereocenters. The number of halogens is 3. The number of carbonyl (C=O) groups excluding carboxylic acids is 1. The predicted molar refractivity (Wildman–Crippen MR) is 119 cm³/mol. The highest BCUT2D eigenvalue weighted by atomic mass is 32.2. The van der Waals surface area contributed by atoms with Gasteiger partial charge in [0.2, 0.25) is 5.91 Å². The lowest BCUT2D eigenvalue weighted by molar-refractivity contribution is -0.141. The Bertz CT molecular complexity index is 1100. The molecular weight excluding hydrogens is 455 g/mol. The normalized spacial score (nSPS) is 11.2. The summed E-state index contributed by atoms with van der Waals surface area (Å²) in [7, 11) is 3.09. The van der Waals surface area contributed by atoms with Crippen molar-refractivity contribution in [1.29, 1.82) is 0 Å². The zero-order valence-corrected chi connectivity index (χ0v) is 18.8. The number of aromatic nitrogens is 2. The van der Waals surface area contributed by atoms with Gasteiger partial charge >= 0.3 is 6.18 Å². The van der Waals surface area contributed by atoms with E-state index in [0.29, 0.717) is 30.0 Å². The van der Waals surface area contributed by atoms with Gasteiger partial charge in [0.05, 0.1) is 25.7 Å². The number of hydrogen-bond acceptors (Lipinski definition) is 6. The molecule has 0 unspecified atom stereocenters. The van der Waals surface area contributed by atoms with E-state index in [4.69, 9.17) is 9.47 Å². The van der Waals surface area contributed by atoms with Crippen molar-refractivity contribution in [3.8, 4) is 22.8 Å². The molecule has 2 aromatic carbocycles. The highest BCUT2D eigenvalue weighted by Gasteiger charge is 2.34. The molecule has 0 saturated carbocycles. The molecule has 0 fully saturated rings. The van der Waals surface area contributed by atoms with E-state index < -0.39 is 11.9 Å². The van der Waals surface area contributed by atoms with E-state index in [9.17, 15) is 18.0 Å². The number of benzene rings is 2. The molecule has 0 aliphatic heterocycles. The minimum atomic E-state index is -4.62. The summed E-state index contributed by atoms with van der Waals surface area (Å²) >= 11 is 0.854. The Balaban J connectivity index is 1.60. The van der Waals surface area contributed by atoms with E-state index in [1.165, 1.54) is 0 Å². The Morgan fingerprint density at radius 3 is 2.39 bits per heavy atom. The maximum absolute atomic E-state index is 13.3. The van der Waals surface area contributed by atoms with Crippen molar-refractivity contribution in [3.63, 3.8) is 0 Å². The third-order valence-electron chi connectivity index (χ3n) is 4.58. The number of thioether (sulfide) groups is 1. The first-order valence-electron chi connectivity index (χ1n) is 9.92. The second-order valence-corrected chi connectivity index (χ2v) is 7.81. The maximum Gasteiger partial charge on any atom is 0.433 e. The largest absolute Gasteiger partial charge is 0.493 e. The zero-order valence-electron chi connectivity index (χ0n) is 18.0. The van der Waals surface area contributed by atoms with E-state index in [-0.39, 0.29) is 22.5 Å². The third kappa shape index (κ3) is 6.85. The van der Waals surface area contributed by atoms with Crippen LogP contribution < -0.4 is 14.8 Å². The summed E-state index contributed by atoms with van der Waals surface area (Å²) in [6.45, 7) is 0.355. The quantitative estimate of drug-likeness (QED) is 0.358. The fraction of sp³-hybridized carbons (Fsp3) is 0.261. The van der Waals surface area contributed by atoms with Crippen LogP contribution in [0.25, 0.3) is 11.3 Å². The first-order chi connectivity index (χ1) is 15.8. The summed E-state index contributed by atoms with van der Waals surface area (Å²) in [6.07, 6.45) is -4.07. The lowest BCUT2D eigenvalue weighted by Gasteiger charge is -2.11. The van der Waals surface area contributed by atoms with Gasteiger partial charge in [0.25, 0.3) is 0 Å². The van der Waals surface area contributed by atoms with Crippen LogP contribution in [-0.4, -0.2) is 42.4 Å². The van der Waals surface area contributed by atoms with Gasteiger partial charge in [-0.15, -0.1) is 0 Å². The molecular formula is C23H22F3N3O3S. The minimum Gasteiger partial charge on any atom is -0.493 e. The van der Waals surface area contributed by atoms with Crippen LogP contribution in [0.15, 0.2) is 59.8 Å². The Morgan fingerprint density at radius 2 is 1.73 bits per heavy atom. The Kier molecular flexibility index (Phi) is 8.16. The number of methoxy groups -OCH3 is 2. The van der Waals surface area contributed by atoms with Crippen LogP contribution in [-0.2, 0) is 17.4 Å². The number of rotatable bonds is 9. The molecule has 1 N–H and O–H groups in total. The lowest BCUT2D eigenvalue weighted by atomic mass is 10.1. The van der Waals surface area contributed by atoms with Gasteiger partial charge in [-0.3, -0.25) is 4.79 Å². The molecule has 1 aromatic heterocycles. The fourth-order valence-electron chi connectivity index (χ4n) is 2.96. The summed E-state index contributed by atoms with van der Waals surface area (Å²) in [6, 6.07) is 14.9. The molecule has 0 saturated heterocycles. The number of hydrogen-bond donors (Lipinski definition) is 1. The van der Waals surface area contributed by atoms with Crippen LogP contribution in [0.1, 0.15) is 11.3 Å². The highest BCUT2D eigenvalue weighted by molar-refractivity contribution is 7.99. The number of alkyl halides is 3. The molecule has 6 nitrogen and oxygen atoms in total. The number of nitrogens with zero attached hydrogens (tertiary/aromatic N) is 2. The van der Waals surface area contributed by atoms with Gasteiger partial charge in [-0.2, -0.15) is 13.2 Å². The van der Waals surface area contributed by atoms with Crippen LogP contribution >= 0.6 is 11.8 Å². The number of nitrogens with one attached hydrogen (secondary N) is 1. The average Bonchev–Trinajstić information content (AvgIpc) is 2.82. The summed E-state index contributed by atoms with van der Waals surface area (Å²) in [4.78, 5) is 20.0. The summed E-state index contributed by atoms with van der Waals surface area (Å²) < 4.78 is 50.3. The standard InChI is InChI=1S/C23H22F3N3O3S/c1-31-18-9-8-15(12-19(18)32-2)10-11-27-21(30)14-33-22-28-17(16-6-4-3-5-7-16)13-20(29-22)23(24,25)26/h3-9,12-13H,10-11,14H2,1-2H3,(H,27,30). The SMILES string of the molecule is COc1ccc(CCNC(=O)CSc2nc(-c3ccccc3)cc(C(F)(F)F)n2)cc1OC. The van der Waals surface area contributed by atoms with Gasteiger partial charge in [0.15, 0.2) is 16.7 Å². The second-order valence-electron chi connectivity index (χ2n) is 6.86. The third-order valence-corrected chi connectivity index (χ3v) is 5.43. The Labute approximate surface area is 193 Å². The van der Waals surface area contributed by atoms with Crippen molar-refractivity contribution in [2.45, 2.75) is 17.8 Å². The topological polar surface area (TPSA) is 73.3 Å². The molecule has 33 heavy (non-hydrogen) atoms. The van der Waals surface area contributed by atoms with Gasteiger partial charge in [-0.25, -0.2) is 9.97 Å². The van der Waals surface area contributed by atoms with Gasteiger partial charge in [-0.1, -0.05) is 48.2 Å². The predicted octanol–water partition coefficient (Wildman–Crippen LogP) is 4.63. The van der Waals surface area contributed by atoms with E-state index in [0.717, 1.165) is 23.4 Å². The summed E-state index contributed by atoms with van der Waals surface area (Å²) in [5.41, 5.74) is 0.572. The molecule has 3 aromatic rings. The molecule has 10 heteroatoms. The summed E-state index contributed by atoms with van der Waals surface area (Å²) in [5, 5.41) is 2.64. The van der Waals surface area contributed by atoms with Gasteiger partial charge < -0.3 is 14.8 Å². The number of ether oxygens (including phenoxy) is 2. The second kappa shape index (κ2) is 11.0. The van der Waals surface area contributed by atoms with E-state index in [1.54, 1.807) is 50.6 Å². The average molecular weight is 478 g/mol. The molecule has 0 bridgehead atoms. The molecule has 0 aliphatic rings. The van der Waals surface area contributed by atoms with Gasteiger partial charge in [0, 0.05) is 12.1 Å². The molecule has 3 rings (SSSR count). The van der Waals surface area contributed by atoms with Crippen molar-refractivity contribution in [2.24, 2.45) is 0 Å². The van der Waals surface area contributed by atoms with Crippen molar-refractivity contribution >= 4 is 17.7 Å². The first-order valence-corrected chi connectivity index (χ1v) is 10.9. The number of amides is 1. The Morgan fingerprint density at radius 1 is 1.00 bits per heavy atom. The Hall–Kier alpha value is -3.27. The van der Waals surface area contributed by atoms with Crippen LogP contribution in [0, 0.1) is 0 Å². The highest BCUT2D eigenvalue weighted by Crippen LogP contribution is 2.32. The smallest absolute Gasteiger partial charge is 0.433 e. The first kappa shape index (κ1) is 24.4. The van der Waals surface area contributed by atoms with Crippen LogP contribution in [0.5, 0.6) is 11.5 Å². The molecule has 0 spiro atoms. The number of carbonyl (C=O) groups is 1. The van der Waals surface area contributed by atoms with E-state index in [2.05, 4.69) is 15.3 Å². The van der Waals surface area contributed by atoms with Crippen LogP contribution in [0.4, 0.5) is 13.2 Å². The fourth-order valence-corrected chi connectivity index (χ4v) is 3.64. The molecule has 1 heterocycles. The van der Waals surface area contributed by atoms with Crippen LogP contribution in [0.3, 0.4) is 0 Å². The van der Waals surface area contributed by atoms with E-state index >= 15 is 0 Å². The van der Waals surface area contributed by atoms with Crippen LogP contribution in [0.2, 0.25) is 0 Å². The summed E-state index contributed by atoms with van der Waals surface area (Å²) in [5.74, 6) is 0.759. The van der Waals surface area contributed by atoms with E-state index in [1.807, 2.05) is 12.1 Å². The van der Waals surface area contributed by atoms with Gasteiger partial charge in [-0.05, 0) is 30.2 Å². The lowest BCUT2D eigenvalue weighted by Crippen LogP contribution is -2.27. The molecule has 0 radical (unpaired) electrons. The maximum atomic E-state index is 13.3. The molecule has 1 amide bonds. The van der Waals surface area contributed by atoms with Crippen molar-refractivity contribution in [2.75, 3.05) is 26.5 Å².